The fraction of sp³-hybridized carbons (Fsp3) is 0.793. The number of hydrogen-bond donors (Lipinski definition) is 2. The van der Waals surface area contributed by atoms with E-state index in [2.05, 4.69) is 25.8 Å². The molecule has 1 saturated heterocycles. The minimum Gasteiger partial charge on any atom is -0.462 e. The van der Waals surface area contributed by atoms with E-state index in [0.717, 1.165) is 25.1 Å². The van der Waals surface area contributed by atoms with Crippen molar-refractivity contribution in [1.29, 1.82) is 0 Å². The summed E-state index contributed by atoms with van der Waals surface area (Å²) in [7, 11) is 2.18. The fourth-order valence-corrected chi connectivity index (χ4v) is 6.39. The Kier molecular flexibility index (Phi) is 10.2. The van der Waals surface area contributed by atoms with E-state index in [0.29, 0.717) is 74.2 Å². The van der Waals surface area contributed by atoms with Crippen LogP contribution >= 0.6 is 0 Å². The number of nitrogens with zero attached hydrogens (tertiary/aromatic N) is 1. The summed E-state index contributed by atoms with van der Waals surface area (Å²) >= 11 is 0. The van der Waals surface area contributed by atoms with E-state index in [9.17, 15) is 19.8 Å². The van der Waals surface area contributed by atoms with Crippen molar-refractivity contribution < 1.29 is 29.3 Å². The van der Waals surface area contributed by atoms with Crippen LogP contribution in [-0.4, -0.2) is 71.6 Å². The van der Waals surface area contributed by atoms with Crippen LogP contribution in [0.25, 0.3) is 0 Å². The lowest BCUT2D eigenvalue weighted by Gasteiger charge is -2.38. The molecule has 1 heterocycles. The van der Waals surface area contributed by atoms with Crippen LogP contribution in [0.15, 0.2) is 23.3 Å². The Morgan fingerprint density at radius 2 is 1.81 bits per heavy atom. The summed E-state index contributed by atoms with van der Waals surface area (Å²) in [6, 6.07) is 0. The van der Waals surface area contributed by atoms with Crippen molar-refractivity contribution in [3.05, 3.63) is 23.3 Å². The Hall–Kier alpha value is -1.70. The molecule has 0 aromatic carbocycles. The summed E-state index contributed by atoms with van der Waals surface area (Å²) in [6.07, 6.45) is 7.95. The van der Waals surface area contributed by atoms with Crippen LogP contribution in [0.1, 0.15) is 79.1 Å². The largest absolute Gasteiger partial charge is 0.462 e. The third kappa shape index (κ3) is 7.90. The van der Waals surface area contributed by atoms with E-state index in [1.807, 2.05) is 13.0 Å². The van der Waals surface area contributed by atoms with Gasteiger partial charge < -0.3 is 24.6 Å². The van der Waals surface area contributed by atoms with Crippen LogP contribution in [-0.2, 0) is 19.1 Å². The van der Waals surface area contributed by atoms with Gasteiger partial charge in [0, 0.05) is 31.2 Å². The van der Waals surface area contributed by atoms with E-state index in [-0.39, 0.29) is 30.8 Å². The molecular formula is C29H47NO6. The summed E-state index contributed by atoms with van der Waals surface area (Å²) in [5.74, 6) is 1.58. The molecular weight excluding hydrogens is 458 g/mol. The highest BCUT2D eigenvalue weighted by molar-refractivity contribution is 5.87. The van der Waals surface area contributed by atoms with Crippen LogP contribution < -0.4 is 0 Å². The monoisotopic (exact) mass is 505 g/mol. The number of aliphatic hydroxyl groups excluding tert-OH is 1. The van der Waals surface area contributed by atoms with Crippen molar-refractivity contribution in [2.75, 3.05) is 26.7 Å². The number of rotatable bonds is 9. The molecule has 5 unspecified atom stereocenters. The lowest BCUT2D eigenvalue weighted by molar-refractivity contribution is -0.145. The predicted molar refractivity (Wildman–Crippen MR) is 139 cm³/mol. The van der Waals surface area contributed by atoms with Gasteiger partial charge in [-0.05, 0) is 89.5 Å². The first-order chi connectivity index (χ1) is 17.0. The molecule has 7 nitrogen and oxygen atoms in total. The standard InChI is InChI=1S/C29H47NO6/c1-19(15-27(32)36-26-16-24-21(3)17-30(5)18-25(24)22(26)4)7-6-8-20(2)28(33)35-14-13-29(34)11-9-23(31)10-12-29/h8,15,21-26,31,34H,6-7,9-14,16-18H2,1-5H3. The van der Waals surface area contributed by atoms with Gasteiger partial charge in [0.15, 0.2) is 0 Å². The first-order valence-electron chi connectivity index (χ1n) is 13.8. The first kappa shape index (κ1) is 28.9. The molecule has 2 aliphatic carbocycles. The number of esters is 2. The molecule has 7 heteroatoms. The van der Waals surface area contributed by atoms with Gasteiger partial charge in [0.2, 0.25) is 0 Å². The second kappa shape index (κ2) is 12.7. The quantitative estimate of drug-likeness (QED) is 0.361. The molecule has 3 fully saturated rings. The van der Waals surface area contributed by atoms with Crippen molar-refractivity contribution in [1.82, 2.24) is 4.90 Å². The number of allylic oxidation sites excluding steroid dienone is 2. The minimum atomic E-state index is -0.851. The van der Waals surface area contributed by atoms with Crippen LogP contribution in [0.3, 0.4) is 0 Å². The summed E-state index contributed by atoms with van der Waals surface area (Å²) in [5.41, 5.74) is 0.601. The Morgan fingerprint density at radius 1 is 1.11 bits per heavy atom. The Balaban J connectivity index is 1.38. The summed E-state index contributed by atoms with van der Waals surface area (Å²) in [6.45, 7) is 10.5. The van der Waals surface area contributed by atoms with E-state index >= 15 is 0 Å². The van der Waals surface area contributed by atoms with Gasteiger partial charge in [-0.15, -0.1) is 0 Å². The molecule has 1 aliphatic heterocycles. The average Bonchev–Trinajstić information content (AvgIpc) is 3.11. The summed E-state index contributed by atoms with van der Waals surface area (Å²) in [5, 5.41) is 20.1. The maximum Gasteiger partial charge on any atom is 0.333 e. The molecule has 3 aliphatic rings. The van der Waals surface area contributed by atoms with Gasteiger partial charge in [0.25, 0.3) is 0 Å². The molecule has 2 N–H and O–H groups in total. The highest BCUT2D eigenvalue weighted by Crippen LogP contribution is 2.45. The van der Waals surface area contributed by atoms with E-state index in [1.165, 1.54) is 0 Å². The van der Waals surface area contributed by atoms with Gasteiger partial charge in [0.05, 0.1) is 18.3 Å². The van der Waals surface area contributed by atoms with Crippen LogP contribution in [0.4, 0.5) is 0 Å². The number of carbonyl (C=O) groups excluding carboxylic acids is 2. The molecule has 0 aromatic heterocycles. The second-order valence-corrected chi connectivity index (χ2v) is 11.9. The van der Waals surface area contributed by atoms with Crippen molar-refractivity contribution in [3.8, 4) is 0 Å². The maximum atomic E-state index is 12.6. The Morgan fingerprint density at radius 3 is 2.50 bits per heavy atom. The molecule has 204 valence electrons. The van der Waals surface area contributed by atoms with Crippen LogP contribution in [0, 0.1) is 23.7 Å². The molecule has 5 atom stereocenters. The van der Waals surface area contributed by atoms with Gasteiger partial charge in [-0.1, -0.05) is 25.5 Å². The summed E-state index contributed by atoms with van der Waals surface area (Å²) in [4.78, 5) is 27.2. The number of ether oxygens (including phenoxy) is 2. The number of aliphatic hydroxyl groups is 2. The molecule has 0 bridgehead atoms. The molecule has 3 rings (SSSR count). The fourth-order valence-electron chi connectivity index (χ4n) is 6.39. The Bertz CT molecular complexity index is 828. The zero-order valence-corrected chi connectivity index (χ0v) is 22.9. The number of carbonyl (C=O) groups is 2. The predicted octanol–water partition coefficient (Wildman–Crippen LogP) is 4.02. The molecule has 36 heavy (non-hydrogen) atoms. The number of likely N-dealkylation sites (tertiary alicyclic amines) is 1. The number of fused-ring (bicyclic) bond motifs is 1. The van der Waals surface area contributed by atoms with Gasteiger partial charge in [-0.25, -0.2) is 9.59 Å². The van der Waals surface area contributed by atoms with Crippen molar-refractivity contribution in [2.24, 2.45) is 23.7 Å². The van der Waals surface area contributed by atoms with Crippen molar-refractivity contribution in [3.63, 3.8) is 0 Å². The minimum absolute atomic E-state index is 0.0147. The van der Waals surface area contributed by atoms with Crippen LogP contribution in [0.2, 0.25) is 0 Å². The highest BCUT2D eigenvalue weighted by atomic mass is 16.5. The SMILES string of the molecule is CC(=CC(=O)OC1CC2C(C)CN(C)CC2C1C)CCC=C(C)C(=O)OCCC1(O)CCC(O)CC1. The maximum absolute atomic E-state index is 12.6. The van der Waals surface area contributed by atoms with Crippen LogP contribution in [0.5, 0.6) is 0 Å². The zero-order chi connectivity index (χ0) is 26.5. The highest BCUT2D eigenvalue weighted by Gasteiger charge is 2.47. The summed E-state index contributed by atoms with van der Waals surface area (Å²) < 4.78 is 11.2. The van der Waals surface area contributed by atoms with Gasteiger partial charge in [-0.2, -0.15) is 0 Å². The molecule has 2 saturated carbocycles. The number of hydrogen-bond acceptors (Lipinski definition) is 7. The van der Waals surface area contributed by atoms with Crippen molar-refractivity contribution >= 4 is 11.9 Å². The third-order valence-electron chi connectivity index (χ3n) is 8.80. The zero-order valence-electron chi connectivity index (χ0n) is 22.9. The normalized spacial score (nSPS) is 35.9. The van der Waals surface area contributed by atoms with Gasteiger partial charge in [-0.3, -0.25) is 0 Å². The lowest BCUT2D eigenvalue weighted by Crippen LogP contribution is -2.42. The van der Waals surface area contributed by atoms with E-state index < -0.39 is 5.60 Å². The average molecular weight is 506 g/mol. The molecule has 0 amide bonds. The molecule has 0 spiro atoms. The number of piperidine rings is 1. The second-order valence-electron chi connectivity index (χ2n) is 11.9. The smallest absolute Gasteiger partial charge is 0.333 e. The topological polar surface area (TPSA) is 96.3 Å². The lowest BCUT2D eigenvalue weighted by atomic mass is 9.79. The molecule has 0 aromatic rings. The van der Waals surface area contributed by atoms with Gasteiger partial charge in [0.1, 0.15) is 6.10 Å². The van der Waals surface area contributed by atoms with E-state index in [1.54, 1.807) is 13.0 Å². The van der Waals surface area contributed by atoms with E-state index in [4.69, 9.17) is 9.47 Å². The van der Waals surface area contributed by atoms with Gasteiger partial charge >= 0.3 is 11.9 Å². The first-order valence-corrected chi connectivity index (χ1v) is 13.8. The molecule has 0 radical (unpaired) electrons. The van der Waals surface area contributed by atoms with Crippen molar-refractivity contribution in [2.45, 2.75) is 96.9 Å². The Labute approximate surface area is 216 Å². The third-order valence-corrected chi connectivity index (χ3v) is 8.80.